The molecule has 0 saturated carbocycles. The van der Waals surface area contributed by atoms with Gasteiger partial charge in [-0.15, -0.1) is 0 Å². The number of aryl methyl sites for hydroxylation is 2. The van der Waals surface area contributed by atoms with Crippen molar-refractivity contribution in [3.8, 4) is 0 Å². The molecular weight excluding hydrogens is 210 g/mol. The Morgan fingerprint density at radius 2 is 2.12 bits per heavy atom. The minimum atomic E-state index is 0.175. The third-order valence-electron chi connectivity index (χ3n) is 3.38. The van der Waals surface area contributed by atoms with Crippen LogP contribution in [0.25, 0.3) is 0 Å². The predicted molar refractivity (Wildman–Crippen MR) is 70.1 cm³/mol. The zero-order chi connectivity index (χ0) is 12.1. The fraction of sp³-hybridized carbons (Fsp3) is 0.533. The van der Waals surface area contributed by atoms with Crippen molar-refractivity contribution in [3.63, 3.8) is 0 Å². The molecule has 1 aromatic carbocycles. The fourth-order valence-corrected chi connectivity index (χ4v) is 2.44. The van der Waals surface area contributed by atoms with E-state index in [1.54, 1.807) is 0 Å². The summed E-state index contributed by atoms with van der Waals surface area (Å²) < 4.78 is 0. The van der Waals surface area contributed by atoms with Crippen LogP contribution in [0.4, 0.5) is 0 Å². The van der Waals surface area contributed by atoms with Crippen LogP contribution in [0.5, 0.6) is 0 Å². The van der Waals surface area contributed by atoms with E-state index in [9.17, 15) is 4.79 Å². The van der Waals surface area contributed by atoms with Crippen molar-refractivity contribution in [3.05, 3.63) is 34.9 Å². The van der Waals surface area contributed by atoms with E-state index in [1.807, 2.05) is 6.92 Å². The van der Waals surface area contributed by atoms with Crippen LogP contribution in [0.2, 0.25) is 0 Å². The molecule has 92 valence electrons. The number of hydrogen-bond donors (Lipinski definition) is 1. The average Bonchev–Trinajstić information content (AvgIpc) is 2.76. The largest absolute Gasteiger partial charge is 0.356 e. The number of nitrogens with one attached hydrogen (secondary N) is 1. The summed E-state index contributed by atoms with van der Waals surface area (Å²) in [4.78, 5) is 11.3. The molecule has 1 aromatic rings. The van der Waals surface area contributed by atoms with Crippen molar-refractivity contribution < 1.29 is 4.79 Å². The van der Waals surface area contributed by atoms with E-state index in [4.69, 9.17) is 0 Å². The lowest BCUT2D eigenvalue weighted by Gasteiger charge is -2.06. The lowest BCUT2D eigenvalue weighted by Crippen LogP contribution is -2.25. The molecule has 1 N–H and O–H groups in total. The molecule has 0 unspecified atom stereocenters. The van der Waals surface area contributed by atoms with Gasteiger partial charge in [0, 0.05) is 13.0 Å². The summed E-state index contributed by atoms with van der Waals surface area (Å²) in [5, 5.41) is 2.96. The Kier molecular flexibility index (Phi) is 4.18. The van der Waals surface area contributed by atoms with Crippen molar-refractivity contribution in [1.82, 2.24) is 5.32 Å². The maximum absolute atomic E-state index is 11.3. The molecule has 0 aliphatic heterocycles. The summed E-state index contributed by atoms with van der Waals surface area (Å²) in [6, 6.07) is 6.77. The van der Waals surface area contributed by atoms with E-state index in [2.05, 4.69) is 23.5 Å². The van der Waals surface area contributed by atoms with Crippen LogP contribution in [-0.2, 0) is 24.1 Å². The molecule has 2 rings (SSSR count). The molecule has 0 bridgehead atoms. The van der Waals surface area contributed by atoms with Crippen LogP contribution in [-0.4, -0.2) is 12.5 Å². The number of carbonyl (C=O) groups excluding carboxylic acids is 1. The highest BCUT2D eigenvalue weighted by Crippen LogP contribution is 2.22. The number of fused-ring (bicyclic) bond motifs is 1. The van der Waals surface area contributed by atoms with Crippen molar-refractivity contribution >= 4 is 5.91 Å². The van der Waals surface area contributed by atoms with Gasteiger partial charge in [0.05, 0.1) is 0 Å². The first-order valence-electron chi connectivity index (χ1n) is 6.67. The third-order valence-corrected chi connectivity index (χ3v) is 3.38. The van der Waals surface area contributed by atoms with Gasteiger partial charge in [0.1, 0.15) is 0 Å². The predicted octanol–water partition coefficient (Wildman–Crippen LogP) is 2.63. The van der Waals surface area contributed by atoms with E-state index in [1.165, 1.54) is 36.0 Å². The zero-order valence-electron chi connectivity index (χ0n) is 10.6. The Morgan fingerprint density at radius 3 is 2.94 bits per heavy atom. The SMILES string of the molecule is CCCC(=O)NCCc1ccc2c(c1)CCC2. The second kappa shape index (κ2) is 5.85. The maximum Gasteiger partial charge on any atom is 0.219 e. The molecule has 0 atom stereocenters. The highest BCUT2D eigenvalue weighted by Gasteiger charge is 2.10. The van der Waals surface area contributed by atoms with Crippen LogP contribution in [0.15, 0.2) is 18.2 Å². The molecule has 0 heterocycles. The standard InChI is InChI=1S/C15H21NO/c1-2-4-15(17)16-10-9-12-7-8-13-5-3-6-14(13)11-12/h7-8,11H,2-6,9-10H2,1H3,(H,16,17). The van der Waals surface area contributed by atoms with Crippen LogP contribution < -0.4 is 5.32 Å². The van der Waals surface area contributed by atoms with Crippen LogP contribution in [0.3, 0.4) is 0 Å². The number of rotatable bonds is 5. The first kappa shape index (κ1) is 12.2. The Bertz CT molecular complexity index is 398. The first-order chi connectivity index (χ1) is 8.29. The lowest BCUT2D eigenvalue weighted by molar-refractivity contribution is -0.121. The first-order valence-corrected chi connectivity index (χ1v) is 6.67. The summed E-state index contributed by atoms with van der Waals surface area (Å²) in [6.07, 6.45) is 6.28. The molecule has 1 aliphatic rings. The molecule has 0 fully saturated rings. The van der Waals surface area contributed by atoms with Gasteiger partial charge in [-0.3, -0.25) is 4.79 Å². The molecule has 1 aliphatic carbocycles. The second-order valence-electron chi connectivity index (χ2n) is 4.81. The van der Waals surface area contributed by atoms with Crippen LogP contribution >= 0.6 is 0 Å². The number of carbonyl (C=O) groups is 1. The highest BCUT2D eigenvalue weighted by molar-refractivity contribution is 5.75. The number of benzene rings is 1. The Hall–Kier alpha value is -1.31. The fourth-order valence-electron chi connectivity index (χ4n) is 2.44. The van der Waals surface area contributed by atoms with Crippen LogP contribution in [0.1, 0.15) is 42.9 Å². The normalized spacial score (nSPS) is 13.5. The number of hydrogen-bond acceptors (Lipinski definition) is 1. The quantitative estimate of drug-likeness (QED) is 0.829. The summed E-state index contributed by atoms with van der Waals surface area (Å²) in [7, 11) is 0. The van der Waals surface area contributed by atoms with Gasteiger partial charge in [-0.25, -0.2) is 0 Å². The van der Waals surface area contributed by atoms with Gasteiger partial charge in [0.15, 0.2) is 0 Å². The molecule has 1 amide bonds. The maximum atomic E-state index is 11.3. The lowest BCUT2D eigenvalue weighted by atomic mass is 10.0. The van der Waals surface area contributed by atoms with E-state index < -0.39 is 0 Å². The van der Waals surface area contributed by atoms with Gasteiger partial charge < -0.3 is 5.32 Å². The van der Waals surface area contributed by atoms with Gasteiger partial charge in [-0.1, -0.05) is 25.1 Å². The summed E-state index contributed by atoms with van der Waals surface area (Å²) in [5.41, 5.74) is 4.38. The summed E-state index contributed by atoms with van der Waals surface area (Å²) in [5.74, 6) is 0.175. The molecule has 0 spiro atoms. The third kappa shape index (κ3) is 3.32. The Morgan fingerprint density at radius 1 is 1.29 bits per heavy atom. The van der Waals surface area contributed by atoms with Crippen LogP contribution in [0, 0.1) is 0 Å². The van der Waals surface area contributed by atoms with Crippen molar-refractivity contribution in [2.45, 2.75) is 45.4 Å². The van der Waals surface area contributed by atoms with Gasteiger partial charge >= 0.3 is 0 Å². The molecule has 17 heavy (non-hydrogen) atoms. The topological polar surface area (TPSA) is 29.1 Å². The zero-order valence-corrected chi connectivity index (χ0v) is 10.6. The Balaban J connectivity index is 1.81. The van der Waals surface area contributed by atoms with E-state index >= 15 is 0 Å². The average molecular weight is 231 g/mol. The van der Waals surface area contributed by atoms with Gasteiger partial charge in [0.2, 0.25) is 5.91 Å². The summed E-state index contributed by atoms with van der Waals surface area (Å²) >= 11 is 0. The Labute approximate surface area is 103 Å². The van der Waals surface area contributed by atoms with Gasteiger partial charge in [-0.05, 0) is 48.8 Å². The van der Waals surface area contributed by atoms with E-state index in [-0.39, 0.29) is 5.91 Å². The monoisotopic (exact) mass is 231 g/mol. The molecule has 2 heteroatoms. The second-order valence-corrected chi connectivity index (χ2v) is 4.81. The van der Waals surface area contributed by atoms with Gasteiger partial charge in [-0.2, -0.15) is 0 Å². The van der Waals surface area contributed by atoms with Crippen molar-refractivity contribution in [1.29, 1.82) is 0 Å². The minimum Gasteiger partial charge on any atom is -0.356 e. The molecule has 0 aromatic heterocycles. The number of amides is 1. The van der Waals surface area contributed by atoms with Crippen molar-refractivity contribution in [2.75, 3.05) is 6.54 Å². The van der Waals surface area contributed by atoms with E-state index in [0.717, 1.165) is 19.4 Å². The highest BCUT2D eigenvalue weighted by atomic mass is 16.1. The smallest absolute Gasteiger partial charge is 0.219 e. The minimum absolute atomic E-state index is 0.175. The molecule has 0 radical (unpaired) electrons. The van der Waals surface area contributed by atoms with Gasteiger partial charge in [0.25, 0.3) is 0 Å². The van der Waals surface area contributed by atoms with Crippen molar-refractivity contribution in [2.24, 2.45) is 0 Å². The molecule has 2 nitrogen and oxygen atoms in total. The summed E-state index contributed by atoms with van der Waals surface area (Å²) in [6.45, 7) is 2.79. The molecule has 0 saturated heterocycles. The molecular formula is C15H21NO. The van der Waals surface area contributed by atoms with E-state index in [0.29, 0.717) is 6.42 Å².